The molecule has 0 spiro atoms. The molecule has 0 amide bonds. The number of hydrogen-bond acceptors (Lipinski definition) is 5. The second kappa shape index (κ2) is 6.42. The van der Waals surface area contributed by atoms with Crippen molar-refractivity contribution >= 4 is 16.6 Å². The molecule has 0 radical (unpaired) electrons. The summed E-state index contributed by atoms with van der Waals surface area (Å²) < 4.78 is 7.65. The molecule has 0 bridgehead atoms. The largest absolute Gasteiger partial charge is 0.475 e. The topological polar surface area (TPSA) is 71.3 Å². The number of likely N-dealkylation sites (N-methyl/N-ethyl adjacent to an activating group) is 1. The minimum Gasteiger partial charge on any atom is -0.475 e. The second-order valence-electron chi connectivity index (χ2n) is 6.83. The molecule has 1 aromatic carbocycles. The molecule has 0 aliphatic carbocycles. The number of fused-ring (bicyclic) bond motifs is 2. The monoisotopic (exact) mass is 350 g/mol. The maximum atomic E-state index is 5.83. The van der Waals surface area contributed by atoms with E-state index in [4.69, 9.17) is 4.74 Å². The third-order valence-electron chi connectivity index (χ3n) is 4.52. The van der Waals surface area contributed by atoms with Crippen LogP contribution in [-0.4, -0.2) is 56.9 Å². The lowest BCUT2D eigenvalue weighted by atomic mass is 9.99. The van der Waals surface area contributed by atoms with E-state index in [0.29, 0.717) is 12.5 Å². The van der Waals surface area contributed by atoms with Crippen molar-refractivity contribution in [2.45, 2.75) is 13.8 Å². The fourth-order valence-electron chi connectivity index (χ4n) is 3.14. The molecule has 4 aromatic rings. The van der Waals surface area contributed by atoms with Gasteiger partial charge < -0.3 is 9.64 Å². The van der Waals surface area contributed by atoms with Crippen molar-refractivity contribution in [3.63, 3.8) is 0 Å². The Kier molecular flexibility index (Phi) is 4.08. The Balaban J connectivity index is 1.73. The molecule has 1 N–H and O–H groups in total. The molecule has 4 rings (SSSR count). The van der Waals surface area contributed by atoms with Gasteiger partial charge in [0.05, 0.1) is 10.9 Å². The number of aromatic nitrogens is 5. The quantitative estimate of drug-likeness (QED) is 0.599. The highest BCUT2D eigenvalue weighted by Gasteiger charge is 2.13. The third-order valence-corrected chi connectivity index (χ3v) is 4.52. The minimum absolute atomic E-state index is 0.607. The predicted molar refractivity (Wildman–Crippen MR) is 102 cm³/mol. The van der Waals surface area contributed by atoms with E-state index in [-0.39, 0.29) is 0 Å². The highest BCUT2D eigenvalue weighted by atomic mass is 16.5. The maximum absolute atomic E-state index is 5.83. The summed E-state index contributed by atoms with van der Waals surface area (Å²) in [5.74, 6) is 0.652. The number of rotatable bonds is 5. The van der Waals surface area contributed by atoms with Crippen molar-refractivity contribution in [3.05, 3.63) is 41.9 Å². The fourth-order valence-corrected chi connectivity index (χ4v) is 3.14. The van der Waals surface area contributed by atoms with Gasteiger partial charge in [-0.3, -0.25) is 5.10 Å². The lowest BCUT2D eigenvalue weighted by Crippen LogP contribution is -2.19. The predicted octanol–water partition coefficient (Wildman–Crippen LogP) is 2.83. The first kappa shape index (κ1) is 16.5. The van der Waals surface area contributed by atoms with E-state index in [2.05, 4.69) is 50.3 Å². The number of aromatic amines is 1. The molecule has 26 heavy (non-hydrogen) atoms. The molecule has 0 atom stereocenters. The number of nitrogens with one attached hydrogen (secondary N) is 1. The normalized spacial score (nSPS) is 11.7. The lowest BCUT2D eigenvalue weighted by Gasteiger charge is -2.10. The van der Waals surface area contributed by atoms with Gasteiger partial charge in [-0.1, -0.05) is 0 Å². The zero-order valence-electron chi connectivity index (χ0n) is 15.4. The zero-order chi connectivity index (χ0) is 18.3. The molecule has 0 aliphatic heterocycles. The summed E-state index contributed by atoms with van der Waals surface area (Å²) >= 11 is 0. The number of nitrogens with zero attached hydrogens (tertiary/aromatic N) is 5. The van der Waals surface area contributed by atoms with Gasteiger partial charge in [-0.15, -0.1) is 5.10 Å². The molecule has 0 saturated heterocycles. The number of benzene rings is 1. The molecular formula is C19H22N6O. The molecule has 134 valence electrons. The summed E-state index contributed by atoms with van der Waals surface area (Å²) in [5.41, 5.74) is 6.34. The first-order valence-corrected chi connectivity index (χ1v) is 8.59. The second-order valence-corrected chi connectivity index (χ2v) is 6.83. The van der Waals surface area contributed by atoms with Gasteiger partial charge in [0.15, 0.2) is 5.65 Å². The van der Waals surface area contributed by atoms with E-state index >= 15 is 0 Å². The fraction of sp³-hybridized carbons (Fsp3) is 0.316. The van der Waals surface area contributed by atoms with Crippen LogP contribution in [0.4, 0.5) is 0 Å². The molecule has 0 fully saturated rings. The van der Waals surface area contributed by atoms with Gasteiger partial charge in [0.2, 0.25) is 5.88 Å². The standard InChI is InChI=1S/C19H22N6O/c1-12-8-16-17(22-23-19(16)26-6-5-24(3)4)9-15(12)14-7-13(2)18-20-11-21-25(18)10-14/h7-11H,5-6H2,1-4H3,(H,22,23). The van der Waals surface area contributed by atoms with Gasteiger partial charge in [-0.05, 0) is 62.8 Å². The molecule has 3 heterocycles. The number of hydrogen-bond donors (Lipinski definition) is 1. The van der Waals surface area contributed by atoms with Crippen molar-refractivity contribution in [2.24, 2.45) is 0 Å². The van der Waals surface area contributed by atoms with Crippen LogP contribution in [0.15, 0.2) is 30.7 Å². The highest BCUT2D eigenvalue weighted by Crippen LogP contribution is 2.32. The average molecular weight is 350 g/mol. The van der Waals surface area contributed by atoms with E-state index in [1.807, 2.05) is 31.7 Å². The van der Waals surface area contributed by atoms with Crippen LogP contribution in [0, 0.1) is 13.8 Å². The van der Waals surface area contributed by atoms with E-state index < -0.39 is 0 Å². The SMILES string of the molecule is Cc1cc2c(OCCN(C)C)n[nH]c2cc1-c1cc(C)c2ncnn2c1. The smallest absolute Gasteiger partial charge is 0.240 e. The highest BCUT2D eigenvalue weighted by molar-refractivity contribution is 5.90. The van der Waals surface area contributed by atoms with Gasteiger partial charge in [-0.25, -0.2) is 9.50 Å². The summed E-state index contributed by atoms with van der Waals surface area (Å²) in [4.78, 5) is 6.37. The van der Waals surface area contributed by atoms with Gasteiger partial charge in [0.1, 0.15) is 12.9 Å². The van der Waals surface area contributed by atoms with Crippen LogP contribution in [-0.2, 0) is 0 Å². The van der Waals surface area contributed by atoms with E-state index in [0.717, 1.165) is 45.3 Å². The van der Waals surface area contributed by atoms with Crippen LogP contribution < -0.4 is 4.74 Å². The summed E-state index contributed by atoms with van der Waals surface area (Å²) in [6.07, 6.45) is 3.59. The van der Waals surface area contributed by atoms with Crippen molar-refractivity contribution in [1.29, 1.82) is 0 Å². The Morgan fingerprint density at radius 2 is 2.00 bits per heavy atom. The molecule has 0 aliphatic rings. The maximum Gasteiger partial charge on any atom is 0.240 e. The number of H-pyrrole nitrogens is 1. The number of pyridine rings is 1. The van der Waals surface area contributed by atoms with Crippen LogP contribution in [0.5, 0.6) is 5.88 Å². The van der Waals surface area contributed by atoms with Gasteiger partial charge in [0, 0.05) is 18.3 Å². The van der Waals surface area contributed by atoms with Crippen LogP contribution >= 0.6 is 0 Å². The molecule has 3 aromatic heterocycles. The van der Waals surface area contributed by atoms with Gasteiger partial charge in [-0.2, -0.15) is 5.10 Å². The molecule has 0 saturated carbocycles. The first-order chi connectivity index (χ1) is 12.5. The molecule has 7 nitrogen and oxygen atoms in total. The summed E-state index contributed by atoms with van der Waals surface area (Å²) in [6, 6.07) is 6.39. The zero-order valence-corrected chi connectivity index (χ0v) is 15.4. The van der Waals surface area contributed by atoms with Crippen molar-refractivity contribution in [3.8, 4) is 17.0 Å². The Morgan fingerprint density at radius 1 is 1.15 bits per heavy atom. The average Bonchev–Trinajstić information content (AvgIpc) is 3.21. The van der Waals surface area contributed by atoms with Crippen LogP contribution in [0.1, 0.15) is 11.1 Å². The Morgan fingerprint density at radius 3 is 2.81 bits per heavy atom. The Hall–Kier alpha value is -2.93. The Bertz CT molecular complexity index is 1080. The van der Waals surface area contributed by atoms with Gasteiger partial charge in [0.25, 0.3) is 0 Å². The first-order valence-electron chi connectivity index (χ1n) is 8.59. The molecule has 0 unspecified atom stereocenters. The van der Waals surface area contributed by atoms with Crippen molar-refractivity contribution in [2.75, 3.05) is 27.2 Å². The number of ether oxygens (including phenoxy) is 1. The molecular weight excluding hydrogens is 328 g/mol. The van der Waals surface area contributed by atoms with Crippen LogP contribution in [0.2, 0.25) is 0 Å². The van der Waals surface area contributed by atoms with Crippen LogP contribution in [0.25, 0.3) is 27.7 Å². The lowest BCUT2D eigenvalue weighted by molar-refractivity contribution is 0.256. The summed E-state index contributed by atoms with van der Waals surface area (Å²) in [5, 5.41) is 12.7. The van der Waals surface area contributed by atoms with Crippen LogP contribution in [0.3, 0.4) is 0 Å². The van der Waals surface area contributed by atoms with E-state index in [9.17, 15) is 0 Å². The summed E-state index contributed by atoms with van der Waals surface area (Å²) in [6.45, 7) is 5.61. The van der Waals surface area contributed by atoms with Gasteiger partial charge >= 0.3 is 0 Å². The van der Waals surface area contributed by atoms with E-state index in [1.54, 1.807) is 6.33 Å². The molecule has 7 heteroatoms. The van der Waals surface area contributed by atoms with E-state index in [1.165, 1.54) is 0 Å². The summed E-state index contributed by atoms with van der Waals surface area (Å²) in [7, 11) is 4.05. The van der Waals surface area contributed by atoms with Crippen molar-refractivity contribution < 1.29 is 4.74 Å². The minimum atomic E-state index is 0.607. The third kappa shape index (κ3) is 2.90. The Labute approximate surface area is 151 Å². The van der Waals surface area contributed by atoms with Crippen molar-refractivity contribution in [1.82, 2.24) is 29.7 Å². The number of aryl methyl sites for hydroxylation is 2.